The van der Waals surface area contributed by atoms with E-state index in [9.17, 15) is 18.2 Å². The van der Waals surface area contributed by atoms with Gasteiger partial charge < -0.3 is 4.55 Å². The first-order valence-electron chi connectivity index (χ1n) is 7.36. The van der Waals surface area contributed by atoms with E-state index in [2.05, 4.69) is 15.6 Å². The first-order chi connectivity index (χ1) is 12.8. The molecule has 1 atom stereocenters. The third-order valence-corrected chi connectivity index (χ3v) is 5.19. The minimum absolute atomic E-state index is 0.00990. The maximum absolute atomic E-state index is 13.0. The number of hydrogen-bond donors (Lipinski definition) is 3. The molecule has 1 heterocycles. The highest BCUT2D eigenvalue weighted by Gasteiger charge is 2.15. The SMILES string of the molecule is O=C(NC(=O)c1ccc(F)cc1Cl)Nc1nc2ccc(CS(=O)O)cc2s1. The largest absolute Gasteiger partial charge is 0.327 e. The van der Waals surface area contributed by atoms with Crippen LogP contribution in [0.15, 0.2) is 36.4 Å². The molecule has 3 aromatic rings. The lowest BCUT2D eigenvalue weighted by molar-refractivity contribution is 0.0967. The highest BCUT2D eigenvalue weighted by molar-refractivity contribution is 7.78. The van der Waals surface area contributed by atoms with Crippen molar-refractivity contribution in [1.29, 1.82) is 0 Å². The molecule has 0 saturated carbocycles. The lowest BCUT2D eigenvalue weighted by Crippen LogP contribution is -2.34. The number of amides is 3. The van der Waals surface area contributed by atoms with E-state index in [0.717, 1.165) is 23.5 Å². The molecule has 0 saturated heterocycles. The van der Waals surface area contributed by atoms with Gasteiger partial charge in [0.15, 0.2) is 16.2 Å². The molecule has 0 aliphatic heterocycles. The number of hydrogen-bond acceptors (Lipinski definition) is 5. The van der Waals surface area contributed by atoms with Gasteiger partial charge in [0.1, 0.15) is 5.82 Å². The number of thiazole rings is 1. The molecule has 2 aromatic carbocycles. The van der Waals surface area contributed by atoms with E-state index in [1.165, 1.54) is 6.07 Å². The van der Waals surface area contributed by atoms with Gasteiger partial charge in [0.2, 0.25) is 0 Å². The molecule has 11 heteroatoms. The van der Waals surface area contributed by atoms with Crippen molar-refractivity contribution < 1.29 is 22.7 Å². The Bertz CT molecular complexity index is 1070. The average molecular weight is 428 g/mol. The van der Waals surface area contributed by atoms with Gasteiger partial charge in [0.05, 0.1) is 26.6 Å². The summed E-state index contributed by atoms with van der Waals surface area (Å²) >= 11 is 4.98. The number of nitrogens with one attached hydrogen (secondary N) is 2. The second-order valence-corrected chi connectivity index (χ2v) is 7.69. The van der Waals surface area contributed by atoms with Crippen molar-refractivity contribution in [2.75, 3.05) is 5.32 Å². The maximum Gasteiger partial charge on any atom is 0.327 e. The summed E-state index contributed by atoms with van der Waals surface area (Å²) in [7, 11) is 0. The number of urea groups is 1. The Balaban J connectivity index is 1.70. The molecule has 0 aliphatic carbocycles. The number of aromatic nitrogens is 1. The molecule has 1 aromatic heterocycles. The average Bonchev–Trinajstić information content (AvgIpc) is 2.95. The van der Waals surface area contributed by atoms with E-state index >= 15 is 0 Å². The molecule has 3 rings (SSSR count). The van der Waals surface area contributed by atoms with Gasteiger partial charge in [0, 0.05) is 0 Å². The van der Waals surface area contributed by atoms with E-state index < -0.39 is 28.8 Å². The first-order valence-corrected chi connectivity index (χ1v) is 9.83. The number of carbonyl (C=O) groups is 2. The molecule has 3 N–H and O–H groups in total. The van der Waals surface area contributed by atoms with Crippen LogP contribution in [0.25, 0.3) is 10.2 Å². The Labute approximate surface area is 163 Å². The zero-order valence-electron chi connectivity index (χ0n) is 13.4. The number of imide groups is 1. The Kier molecular flexibility index (Phi) is 5.80. The number of rotatable bonds is 4. The summed E-state index contributed by atoms with van der Waals surface area (Å²) in [5, 5.41) is 4.64. The van der Waals surface area contributed by atoms with Gasteiger partial charge in [-0.05, 0) is 35.9 Å². The maximum atomic E-state index is 13.0. The fourth-order valence-electron chi connectivity index (χ4n) is 2.23. The zero-order valence-corrected chi connectivity index (χ0v) is 15.8. The van der Waals surface area contributed by atoms with Gasteiger partial charge >= 0.3 is 6.03 Å². The van der Waals surface area contributed by atoms with Crippen LogP contribution >= 0.6 is 22.9 Å². The van der Waals surface area contributed by atoms with E-state index in [1.54, 1.807) is 18.2 Å². The standard InChI is InChI=1S/C16H11ClFN3O4S2/c17-11-6-9(18)2-3-10(11)14(22)20-15(23)21-16-19-12-4-1-8(7-27(24)25)5-13(12)26-16/h1-6H,7H2,(H,24,25)(H2,19,20,21,22,23). The minimum atomic E-state index is -1.96. The zero-order chi connectivity index (χ0) is 19.6. The summed E-state index contributed by atoms with van der Waals surface area (Å²) in [6, 6.07) is 7.41. The quantitative estimate of drug-likeness (QED) is 0.549. The van der Waals surface area contributed by atoms with Crippen LogP contribution < -0.4 is 10.6 Å². The molecule has 0 radical (unpaired) electrons. The predicted octanol–water partition coefficient (Wildman–Crippen LogP) is 3.77. The highest BCUT2D eigenvalue weighted by Crippen LogP contribution is 2.27. The van der Waals surface area contributed by atoms with E-state index in [4.69, 9.17) is 16.2 Å². The fourth-order valence-corrected chi connectivity index (χ4v) is 3.87. The Morgan fingerprint density at radius 3 is 2.74 bits per heavy atom. The second-order valence-electron chi connectivity index (χ2n) is 5.32. The lowest BCUT2D eigenvalue weighted by Gasteiger charge is -2.05. The monoisotopic (exact) mass is 427 g/mol. The Morgan fingerprint density at radius 2 is 2.04 bits per heavy atom. The second kappa shape index (κ2) is 8.09. The predicted molar refractivity (Wildman–Crippen MR) is 102 cm³/mol. The van der Waals surface area contributed by atoms with Gasteiger partial charge in [-0.25, -0.2) is 18.4 Å². The van der Waals surface area contributed by atoms with Crippen molar-refractivity contribution in [3.05, 3.63) is 58.4 Å². The summed E-state index contributed by atoms with van der Waals surface area (Å²) in [6.07, 6.45) is 0. The molecule has 3 amide bonds. The number of benzene rings is 2. The topological polar surface area (TPSA) is 108 Å². The molecule has 0 aliphatic rings. The van der Waals surface area contributed by atoms with Crippen molar-refractivity contribution >= 4 is 61.3 Å². The minimum Gasteiger partial charge on any atom is -0.306 e. The number of nitrogens with zero attached hydrogens (tertiary/aromatic N) is 1. The normalized spacial score (nSPS) is 12.0. The summed E-state index contributed by atoms with van der Waals surface area (Å²) in [5.41, 5.74) is 1.21. The summed E-state index contributed by atoms with van der Waals surface area (Å²) in [5.74, 6) is -1.39. The van der Waals surface area contributed by atoms with Crippen LogP contribution in [0.5, 0.6) is 0 Å². The van der Waals surface area contributed by atoms with Gasteiger partial charge in [-0.1, -0.05) is 29.0 Å². The van der Waals surface area contributed by atoms with Crippen LogP contribution in [-0.4, -0.2) is 25.7 Å². The molecule has 0 spiro atoms. The van der Waals surface area contributed by atoms with Crippen molar-refractivity contribution in [3.8, 4) is 0 Å². The van der Waals surface area contributed by atoms with Crippen LogP contribution in [0.2, 0.25) is 5.02 Å². The number of carbonyl (C=O) groups excluding carboxylic acids is 2. The molecular formula is C16H11ClFN3O4S2. The fraction of sp³-hybridized carbons (Fsp3) is 0.0625. The van der Waals surface area contributed by atoms with Crippen LogP contribution in [-0.2, 0) is 16.8 Å². The van der Waals surface area contributed by atoms with Gasteiger partial charge in [-0.3, -0.25) is 15.4 Å². The first kappa shape index (κ1) is 19.4. The van der Waals surface area contributed by atoms with Gasteiger partial charge in [-0.2, -0.15) is 0 Å². The number of fused-ring (bicyclic) bond motifs is 1. The molecule has 1 unspecified atom stereocenters. The van der Waals surface area contributed by atoms with Crippen LogP contribution in [0.3, 0.4) is 0 Å². The van der Waals surface area contributed by atoms with Crippen molar-refractivity contribution in [2.24, 2.45) is 0 Å². The summed E-state index contributed by atoms with van der Waals surface area (Å²) < 4.78 is 33.6. The Hall–Kier alpha value is -2.40. The molecule has 7 nitrogen and oxygen atoms in total. The van der Waals surface area contributed by atoms with Crippen molar-refractivity contribution in [3.63, 3.8) is 0 Å². The third-order valence-electron chi connectivity index (χ3n) is 3.37. The lowest BCUT2D eigenvalue weighted by atomic mass is 10.2. The van der Waals surface area contributed by atoms with Crippen LogP contribution in [0.1, 0.15) is 15.9 Å². The molecule has 0 bridgehead atoms. The van der Waals surface area contributed by atoms with Gasteiger partial charge in [0.25, 0.3) is 5.91 Å². The summed E-state index contributed by atoms with van der Waals surface area (Å²) in [6.45, 7) is 0. The molecular weight excluding hydrogens is 417 g/mol. The molecule has 140 valence electrons. The van der Waals surface area contributed by atoms with Crippen molar-refractivity contribution in [1.82, 2.24) is 10.3 Å². The molecule has 0 fully saturated rings. The highest BCUT2D eigenvalue weighted by atomic mass is 35.5. The van der Waals surface area contributed by atoms with Crippen LogP contribution in [0, 0.1) is 5.82 Å². The van der Waals surface area contributed by atoms with E-state index in [-0.39, 0.29) is 21.5 Å². The molecule has 27 heavy (non-hydrogen) atoms. The van der Waals surface area contributed by atoms with Crippen molar-refractivity contribution in [2.45, 2.75) is 5.75 Å². The van der Waals surface area contributed by atoms with E-state index in [1.807, 2.05) is 0 Å². The van der Waals surface area contributed by atoms with Crippen LogP contribution in [0.4, 0.5) is 14.3 Å². The van der Waals surface area contributed by atoms with E-state index in [0.29, 0.717) is 15.8 Å². The summed E-state index contributed by atoms with van der Waals surface area (Å²) in [4.78, 5) is 28.2. The Morgan fingerprint density at radius 1 is 1.26 bits per heavy atom. The number of anilines is 1. The number of halogens is 2. The smallest absolute Gasteiger partial charge is 0.306 e. The third kappa shape index (κ3) is 4.86. The van der Waals surface area contributed by atoms with Gasteiger partial charge in [-0.15, -0.1) is 0 Å².